The van der Waals surface area contributed by atoms with Gasteiger partial charge in [-0.25, -0.2) is 0 Å². The Labute approximate surface area is 159 Å². The van der Waals surface area contributed by atoms with Crippen molar-refractivity contribution < 1.29 is 15.1 Å². The van der Waals surface area contributed by atoms with Crippen LogP contribution in [-0.4, -0.2) is 15.1 Å². The van der Waals surface area contributed by atoms with E-state index >= 15 is 0 Å². The first-order chi connectivity index (χ1) is 13.4. The molecule has 0 aliphatic heterocycles. The molecule has 0 heterocycles. The predicted molar refractivity (Wildman–Crippen MR) is 102 cm³/mol. The average molecular weight is 377 g/mol. The molecule has 0 atom stereocenters. The molecule has 0 aromatic heterocycles. The van der Waals surface area contributed by atoms with Gasteiger partial charge in [-0.1, -0.05) is 17.7 Å². The smallest absolute Gasteiger partial charge is 0.269 e. The third kappa shape index (κ3) is 4.52. The Morgan fingerprint density at radius 3 is 1.68 bits per heavy atom. The highest BCUT2D eigenvalue weighted by molar-refractivity contribution is 5.65. The lowest BCUT2D eigenvalue weighted by molar-refractivity contribution is -0.384. The van der Waals surface area contributed by atoms with Crippen molar-refractivity contribution in [2.75, 3.05) is 0 Å². The minimum Gasteiger partial charge on any atom is -0.505 e. The third-order valence-electron chi connectivity index (χ3n) is 3.71. The summed E-state index contributed by atoms with van der Waals surface area (Å²) in [5, 5.41) is 46.4. The monoisotopic (exact) mass is 377 g/mol. The summed E-state index contributed by atoms with van der Waals surface area (Å²) >= 11 is 0. The molecule has 0 fully saturated rings. The number of phenolic OH excluding ortho intramolecular Hbond substituents is 2. The van der Waals surface area contributed by atoms with Gasteiger partial charge in [0.15, 0.2) is 0 Å². The van der Waals surface area contributed by atoms with Gasteiger partial charge in [-0.2, -0.15) is 10.2 Å². The molecule has 3 aromatic carbocycles. The van der Waals surface area contributed by atoms with E-state index in [9.17, 15) is 20.3 Å². The second-order valence-electron chi connectivity index (χ2n) is 5.84. The van der Waals surface area contributed by atoms with Crippen molar-refractivity contribution in [2.24, 2.45) is 20.5 Å². The number of non-ortho nitro benzene ring substituents is 1. The first-order valence-corrected chi connectivity index (χ1v) is 8.13. The van der Waals surface area contributed by atoms with E-state index in [1.807, 2.05) is 19.1 Å². The van der Waals surface area contributed by atoms with Crippen LogP contribution in [0.15, 0.2) is 81.1 Å². The summed E-state index contributed by atoms with van der Waals surface area (Å²) in [5.74, 6) is -0.555. The van der Waals surface area contributed by atoms with Gasteiger partial charge in [0.1, 0.15) is 22.9 Å². The molecule has 9 nitrogen and oxygen atoms in total. The molecule has 3 rings (SSSR count). The standard InChI is InChI=1S/C19H15N5O4/c1-12-2-4-13(5-3-12)20-22-16-10-17(19(26)11-18(16)25)23-21-14-6-8-15(9-7-14)24(27)28/h2-11,25-26H,1H3. The Hall–Kier alpha value is -4.14. The van der Waals surface area contributed by atoms with E-state index < -0.39 is 4.92 Å². The van der Waals surface area contributed by atoms with E-state index in [1.165, 1.54) is 30.3 Å². The molecule has 0 radical (unpaired) electrons. The van der Waals surface area contributed by atoms with Crippen LogP contribution in [0.1, 0.15) is 5.56 Å². The van der Waals surface area contributed by atoms with Crippen molar-refractivity contribution in [1.82, 2.24) is 0 Å². The molecule has 28 heavy (non-hydrogen) atoms. The zero-order valence-electron chi connectivity index (χ0n) is 14.7. The molecular weight excluding hydrogens is 362 g/mol. The Morgan fingerprint density at radius 1 is 0.750 bits per heavy atom. The van der Waals surface area contributed by atoms with Crippen LogP contribution in [0, 0.1) is 17.0 Å². The number of nitro groups is 1. The van der Waals surface area contributed by atoms with Crippen LogP contribution < -0.4 is 0 Å². The van der Waals surface area contributed by atoms with E-state index in [0.717, 1.165) is 11.6 Å². The summed E-state index contributed by atoms with van der Waals surface area (Å²) in [6, 6.07) is 15.2. The molecule has 3 aromatic rings. The van der Waals surface area contributed by atoms with Crippen LogP contribution in [0.3, 0.4) is 0 Å². The first-order valence-electron chi connectivity index (χ1n) is 8.13. The highest BCUT2D eigenvalue weighted by Gasteiger charge is 2.09. The number of hydrogen-bond acceptors (Lipinski definition) is 8. The normalized spacial score (nSPS) is 11.3. The Morgan fingerprint density at radius 2 is 1.21 bits per heavy atom. The average Bonchev–Trinajstić information content (AvgIpc) is 2.68. The van der Waals surface area contributed by atoms with Gasteiger partial charge in [-0.3, -0.25) is 10.1 Å². The number of nitro benzene ring substituents is 1. The summed E-state index contributed by atoms with van der Waals surface area (Å²) in [6.07, 6.45) is 0. The molecule has 0 spiro atoms. The van der Waals surface area contributed by atoms with E-state index in [1.54, 1.807) is 12.1 Å². The number of azo groups is 2. The Kier molecular flexibility index (Phi) is 5.35. The number of hydrogen-bond donors (Lipinski definition) is 2. The van der Waals surface area contributed by atoms with Gasteiger partial charge in [0.2, 0.25) is 0 Å². The van der Waals surface area contributed by atoms with Crippen LogP contribution in [0.2, 0.25) is 0 Å². The Bertz CT molecular complexity index is 1060. The van der Waals surface area contributed by atoms with Gasteiger partial charge in [0.05, 0.1) is 16.3 Å². The lowest BCUT2D eigenvalue weighted by atomic mass is 10.2. The number of aromatic hydroxyl groups is 2. The molecule has 0 unspecified atom stereocenters. The quantitative estimate of drug-likeness (QED) is 0.313. The van der Waals surface area contributed by atoms with Crippen molar-refractivity contribution in [3.8, 4) is 11.5 Å². The fraction of sp³-hybridized carbons (Fsp3) is 0.0526. The van der Waals surface area contributed by atoms with E-state index in [4.69, 9.17) is 0 Å². The lowest BCUT2D eigenvalue weighted by Crippen LogP contribution is -1.85. The van der Waals surface area contributed by atoms with Gasteiger partial charge in [0, 0.05) is 24.3 Å². The maximum atomic E-state index is 10.7. The summed E-state index contributed by atoms with van der Waals surface area (Å²) in [6.45, 7) is 1.95. The molecule has 0 saturated carbocycles. The van der Waals surface area contributed by atoms with Gasteiger partial charge in [-0.15, -0.1) is 10.2 Å². The predicted octanol–water partition coefficient (Wildman–Crippen LogP) is 6.15. The summed E-state index contributed by atoms with van der Waals surface area (Å²) in [7, 11) is 0. The van der Waals surface area contributed by atoms with Crippen molar-refractivity contribution in [2.45, 2.75) is 6.92 Å². The largest absolute Gasteiger partial charge is 0.505 e. The first kappa shape index (κ1) is 18.6. The van der Waals surface area contributed by atoms with Gasteiger partial charge < -0.3 is 10.2 Å². The van der Waals surface area contributed by atoms with Crippen LogP contribution in [-0.2, 0) is 0 Å². The van der Waals surface area contributed by atoms with E-state index in [2.05, 4.69) is 20.5 Å². The Balaban J connectivity index is 1.84. The molecule has 140 valence electrons. The zero-order valence-corrected chi connectivity index (χ0v) is 14.7. The minimum absolute atomic E-state index is 0.0639. The third-order valence-corrected chi connectivity index (χ3v) is 3.71. The summed E-state index contributed by atoms with van der Waals surface area (Å²) in [4.78, 5) is 10.1. The maximum absolute atomic E-state index is 10.7. The number of benzene rings is 3. The van der Waals surface area contributed by atoms with Crippen LogP contribution in [0.25, 0.3) is 0 Å². The molecule has 2 N–H and O–H groups in total. The molecule has 0 amide bonds. The van der Waals surface area contributed by atoms with Crippen molar-refractivity contribution >= 4 is 28.4 Å². The molecule has 0 aliphatic rings. The highest BCUT2D eigenvalue weighted by atomic mass is 16.6. The van der Waals surface area contributed by atoms with E-state index in [-0.39, 0.29) is 28.6 Å². The van der Waals surface area contributed by atoms with Crippen molar-refractivity contribution in [1.29, 1.82) is 0 Å². The summed E-state index contributed by atoms with van der Waals surface area (Å²) in [5.41, 5.74) is 2.16. The fourth-order valence-electron chi connectivity index (χ4n) is 2.19. The molecule has 0 saturated heterocycles. The van der Waals surface area contributed by atoms with Gasteiger partial charge in [0.25, 0.3) is 5.69 Å². The van der Waals surface area contributed by atoms with Crippen molar-refractivity contribution in [3.63, 3.8) is 0 Å². The van der Waals surface area contributed by atoms with E-state index in [0.29, 0.717) is 11.4 Å². The second-order valence-corrected chi connectivity index (χ2v) is 5.84. The fourth-order valence-corrected chi connectivity index (χ4v) is 2.19. The summed E-state index contributed by atoms with van der Waals surface area (Å²) < 4.78 is 0. The number of aryl methyl sites for hydroxylation is 1. The van der Waals surface area contributed by atoms with Crippen LogP contribution in [0.4, 0.5) is 28.4 Å². The van der Waals surface area contributed by atoms with Crippen molar-refractivity contribution in [3.05, 3.63) is 76.3 Å². The van der Waals surface area contributed by atoms with Crippen LogP contribution in [0.5, 0.6) is 11.5 Å². The van der Waals surface area contributed by atoms with Gasteiger partial charge in [-0.05, 0) is 31.2 Å². The maximum Gasteiger partial charge on any atom is 0.269 e. The minimum atomic E-state index is -0.516. The number of rotatable bonds is 5. The molecule has 0 aliphatic carbocycles. The molecule has 0 bridgehead atoms. The SMILES string of the molecule is Cc1ccc(N=Nc2cc(N=Nc3ccc([N+](=O)[O-])cc3)c(O)cc2O)cc1. The zero-order chi connectivity index (χ0) is 20.1. The highest BCUT2D eigenvalue weighted by Crippen LogP contribution is 2.39. The molecule has 9 heteroatoms. The van der Waals surface area contributed by atoms with Crippen LogP contribution >= 0.6 is 0 Å². The number of phenols is 2. The second kappa shape index (κ2) is 8.04. The van der Waals surface area contributed by atoms with Gasteiger partial charge >= 0.3 is 0 Å². The topological polar surface area (TPSA) is 133 Å². The number of nitrogens with zero attached hydrogens (tertiary/aromatic N) is 5. The molecular formula is C19H15N5O4. The lowest BCUT2D eigenvalue weighted by Gasteiger charge is -2.02.